The van der Waals surface area contributed by atoms with E-state index in [1.54, 1.807) is 12.4 Å². The number of halogens is 1. The van der Waals surface area contributed by atoms with Crippen molar-refractivity contribution in [2.45, 2.75) is 5.92 Å². The first kappa shape index (κ1) is 15.9. The fraction of sp³-hybridized carbons (Fsp3) is 0.0588. The van der Waals surface area contributed by atoms with Crippen molar-refractivity contribution in [2.24, 2.45) is 5.73 Å². The van der Waals surface area contributed by atoms with Gasteiger partial charge in [-0.3, -0.25) is 14.9 Å². The Balaban J connectivity index is 1.97. The van der Waals surface area contributed by atoms with E-state index >= 15 is 0 Å². The first-order chi connectivity index (χ1) is 12.2. The fourth-order valence-corrected chi connectivity index (χ4v) is 4.78. The molecule has 1 aromatic carbocycles. The summed E-state index contributed by atoms with van der Waals surface area (Å²) in [6.07, 6.45) is 4.91. The Kier molecular flexibility index (Phi) is 4.06. The number of hydrogen-bond donors (Lipinski definition) is 2. The third-order valence-corrected chi connectivity index (χ3v) is 5.96. The van der Waals surface area contributed by atoms with Crippen LogP contribution in [0, 0.1) is 0 Å². The molecule has 0 aliphatic rings. The van der Waals surface area contributed by atoms with Crippen molar-refractivity contribution in [1.82, 2.24) is 20.2 Å². The molecule has 0 saturated heterocycles. The first-order valence-electron chi connectivity index (χ1n) is 7.41. The van der Waals surface area contributed by atoms with E-state index in [2.05, 4.69) is 36.1 Å². The molecule has 4 aromatic rings. The number of rotatable bonds is 4. The Morgan fingerprint density at radius 3 is 2.88 bits per heavy atom. The molecular weight excluding hydrogens is 402 g/mol. The summed E-state index contributed by atoms with van der Waals surface area (Å²) in [7, 11) is 0. The van der Waals surface area contributed by atoms with Crippen molar-refractivity contribution < 1.29 is 4.79 Å². The predicted molar refractivity (Wildman–Crippen MR) is 100 cm³/mol. The molecule has 0 fully saturated rings. The smallest absolute Gasteiger partial charge is 0.230 e. The lowest BCUT2D eigenvalue weighted by Crippen LogP contribution is -2.22. The van der Waals surface area contributed by atoms with Crippen LogP contribution in [-0.4, -0.2) is 26.1 Å². The van der Waals surface area contributed by atoms with Crippen LogP contribution in [0.15, 0.2) is 52.8 Å². The Bertz CT molecular complexity index is 1050. The van der Waals surface area contributed by atoms with E-state index in [9.17, 15) is 4.79 Å². The molecular formula is C17H12BrN5OS. The lowest BCUT2D eigenvalue weighted by Gasteiger charge is -2.16. The van der Waals surface area contributed by atoms with Gasteiger partial charge in [0.25, 0.3) is 0 Å². The van der Waals surface area contributed by atoms with E-state index < -0.39 is 11.8 Å². The number of pyridine rings is 1. The minimum Gasteiger partial charge on any atom is -0.369 e. The number of nitrogens with two attached hydrogens (primary N) is 1. The van der Waals surface area contributed by atoms with Crippen LogP contribution in [-0.2, 0) is 4.79 Å². The van der Waals surface area contributed by atoms with Crippen molar-refractivity contribution in [3.8, 4) is 11.4 Å². The average molecular weight is 414 g/mol. The molecule has 0 saturated carbocycles. The van der Waals surface area contributed by atoms with Gasteiger partial charge in [0.1, 0.15) is 6.33 Å². The number of fused-ring (bicyclic) bond motifs is 1. The van der Waals surface area contributed by atoms with E-state index in [4.69, 9.17) is 5.73 Å². The number of aromatic nitrogens is 4. The van der Waals surface area contributed by atoms with Crippen LogP contribution in [0.3, 0.4) is 0 Å². The fourth-order valence-electron chi connectivity index (χ4n) is 2.91. The third kappa shape index (κ3) is 2.73. The number of hydrogen-bond acceptors (Lipinski definition) is 5. The first-order valence-corrected chi connectivity index (χ1v) is 9.08. The lowest BCUT2D eigenvalue weighted by atomic mass is 9.91. The minimum atomic E-state index is -0.630. The summed E-state index contributed by atoms with van der Waals surface area (Å²) in [6.45, 7) is 0. The normalized spacial score (nSPS) is 12.4. The minimum absolute atomic E-state index is 0.437. The van der Waals surface area contributed by atoms with Gasteiger partial charge in [0.05, 0.1) is 5.92 Å². The van der Waals surface area contributed by atoms with Gasteiger partial charge in [-0.15, -0.1) is 11.3 Å². The predicted octanol–water partition coefficient (Wildman–Crippen LogP) is 3.46. The number of nitrogens with zero attached hydrogens (tertiary/aromatic N) is 3. The van der Waals surface area contributed by atoms with Gasteiger partial charge in [-0.25, -0.2) is 4.98 Å². The second-order valence-electron chi connectivity index (χ2n) is 5.44. The average Bonchev–Trinajstić information content (AvgIpc) is 3.25. The molecule has 25 heavy (non-hydrogen) atoms. The van der Waals surface area contributed by atoms with E-state index in [1.165, 1.54) is 17.7 Å². The molecule has 3 N–H and O–H groups in total. The van der Waals surface area contributed by atoms with Gasteiger partial charge in [0, 0.05) is 38.1 Å². The van der Waals surface area contributed by atoms with Crippen molar-refractivity contribution in [2.75, 3.05) is 0 Å². The standard InChI is InChI=1S/C17H12BrN5OS/c18-12-7-25-15(14(12)17-21-8-22-23-17)13(16(19)24)11-6-20-5-9-3-1-2-4-10(9)11/h1-8,13H,(H2,19,24)(H,21,22,23). The third-order valence-electron chi connectivity index (χ3n) is 3.98. The van der Waals surface area contributed by atoms with Gasteiger partial charge in [-0.2, -0.15) is 5.10 Å². The van der Waals surface area contributed by atoms with E-state index in [1.807, 2.05) is 29.6 Å². The van der Waals surface area contributed by atoms with Gasteiger partial charge >= 0.3 is 0 Å². The maximum absolute atomic E-state index is 12.4. The van der Waals surface area contributed by atoms with Crippen LogP contribution < -0.4 is 5.73 Å². The number of carbonyl (C=O) groups is 1. The zero-order chi connectivity index (χ0) is 17.4. The van der Waals surface area contributed by atoms with E-state index in [-0.39, 0.29) is 0 Å². The zero-order valence-electron chi connectivity index (χ0n) is 12.8. The topological polar surface area (TPSA) is 97.5 Å². The molecule has 1 unspecified atom stereocenters. The molecule has 0 radical (unpaired) electrons. The number of benzene rings is 1. The van der Waals surface area contributed by atoms with Crippen molar-refractivity contribution in [1.29, 1.82) is 0 Å². The molecule has 1 atom stereocenters. The molecule has 3 heterocycles. The number of amides is 1. The number of primary amides is 1. The van der Waals surface area contributed by atoms with E-state index in [0.717, 1.165) is 31.2 Å². The molecule has 4 rings (SSSR count). The second-order valence-corrected chi connectivity index (χ2v) is 7.21. The van der Waals surface area contributed by atoms with Gasteiger partial charge in [0.15, 0.2) is 5.82 Å². The maximum atomic E-state index is 12.4. The Morgan fingerprint density at radius 2 is 2.12 bits per heavy atom. The zero-order valence-corrected chi connectivity index (χ0v) is 15.2. The molecule has 6 nitrogen and oxygen atoms in total. The number of H-pyrrole nitrogens is 1. The molecule has 8 heteroatoms. The summed E-state index contributed by atoms with van der Waals surface area (Å²) in [4.78, 5) is 21.7. The van der Waals surface area contributed by atoms with E-state index in [0.29, 0.717) is 5.82 Å². The SMILES string of the molecule is NC(=O)C(c1scc(Br)c1-c1ncn[nH]1)c1cncc2ccccc12. The van der Waals surface area contributed by atoms with Crippen LogP contribution in [0.1, 0.15) is 16.4 Å². The molecule has 124 valence electrons. The highest BCUT2D eigenvalue weighted by atomic mass is 79.9. The molecule has 1 amide bonds. The van der Waals surface area contributed by atoms with Crippen LogP contribution in [0.2, 0.25) is 0 Å². The summed E-state index contributed by atoms with van der Waals surface area (Å²) in [5.74, 6) is -0.481. The highest BCUT2D eigenvalue weighted by Gasteiger charge is 2.29. The van der Waals surface area contributed by atoms with Gasteiger partial charge < -0.3 is 5.73 Å². The molecule has 0 aliphatic carbocycles. The molecule has 0 spiro atoms. The number of thiophene rings is 1. The highest BCUT2D eigenvalue weighted by molar-refractivity contribution is 9.10. The van der Waals surface area contributed by atoms with Crippen molar-refractivity contribution in [3.63, 3.8) is 0 Å². The maximum Gasteiger partial charge on any atom is 0.230 e. The largest absolute Gasteiger partial charge is 0.369 e. The van der Waals surface area contributed by atoms with Crippen LogP contribution in [0.25, 0.3) is 22.2 Å². The van der Waals surface area contributed by atoms with Crippen LogP contribution in [0.4, 0.5) is 0 Å². The van der Waals surface area contributed by atoms with Gasteiger partial charge in [-0.05, 0) is 26.9 Å². The lowest BCUT2D eigenvalue weighted by molar-refractivity contribution is -0.118. The summed E-state index contributed by atoms with van der Waals surface area (Å²) in [5, 5.41) is 10.6. The van der Waals surface area contributed by atoms with Gasteiger partial charge in [0.2, 0.25) is 5.91 Å². The highest BCUT2D eigenvalue weighted by Crippen LogP contribution is 2.42. The summed E-state index contributed by atoms with van der Waals surface area (Å²) >= 11 is 4.98. The van der Waals surface area contributed by atoms with Crippen molar-refractivity contribution in [3.05, 3.63) is 63.3 Å². The summed E-state index contributed by atoms with van der Waals surface area (Å²) in [5.41, 5.74) is 7.37. The number of nitrogens with one attached hydrogen (secondary N) is 1. The van der Waals surface area contributed by atoms with Crippen molar-refractivity contribution >= 4 is 43.9 Å². The molecule has 3 aromatic heterocycles. The van der Waals surface area contributed by atoms with Crippen LogP contribution >= 0.6 is 27.3 Å². The quantitative estimate of drug-likeness (QED) is 0.535. The summed E-state index contributed by atoms with van der Waals surface area (Å²) < 4.78 is 0.837. The van der Waals surface area contributed by atoms with Gasteiger partial charge in [-0.1, -0.05) is 24.3 Å². The Labute approximate surface area is 155 Å². The molecule has 0 aliphatic heterocycles. The Hall–Kier alpha value is -2.58. The molecule has 0 bridgehead atoms. The second kappa shape index (κ2) is 6.38. The van der Waals surface area contributed by atoms with Crippen LogP contribution in [0.5, 0.6) is 0 Å². The Morgan fingerprint density at radius 1 is 1.28 bits per heavy atom. The summed E-state index contributed by atoms with van der Waals surface area (Å²) in [6, 6.07) is 7.81. The number of carbonyl (C=O) groups excluding carboxylic acids is 1. The monoisotopic (exact) mass is 413 g/mol. The number of aromatic amines is 1.